The van der Waals surface area contributed by atoms with E-state index in [1.165, 1.54) is 10.9 Å². The third-order valence-corrected chi connectivity index (χ3v) is 3.05. The average Bonchev–Trinajstić information content (AvgIpc) is 2.46. The van der Waals surface area contributed by atoms with Gasteiger partial charge in [0.2, 0.25) is 0 Å². The minimum Gasteiger partial charge on any atom is -0.497 e. The van der Waals surface area contributed by atoms with Gasteiger partial charge in [-0.2, -0.15) is 0 Å². The number of fused-ring (bicyclic) bond motifs is 1. The highest BCUT2D eigenvalue weighted by Gasteiger charge is 2.03. The van der Waals surface area contributed by atoms with Gasteiger partial charge < -0.3 is 10.1 Å². The Bertz CT molecular complexity index is 564. The molecule has 0 unspecified atom stereocenters. The van der Waals surface area contributed by atoms with Crippen LogP contribution in [0.25, 0.3) is 10.9 Å². The Morgan fingerprint density at radius 1 is 1.32 bits per heavy atom. The standard InChI is InChI=1S/C16H20N2O/c1-3-4-9-17-10-7-13-8-11-18-16-6-5-14(19-2)12-15(13)16/h4-6,8-9,11-12,17H,3,7,10H2,1-2H3/b9-4-. The first kappa shape index (κ1) is 13.4. The molecule has 1 aromatic carbocycles. The molecule has 0 saturated heterocycles. The van der Waals surface area contributed by atoms with Gasteiger partial charge in [0.1, 0.15) is 5.75 Å². The van der Waals surface area contributed by atoms with E-state index in [0.717, 1.165) is 30.7 Å². The molecule has 3 nitrogen and oxygen atoms in total. The molecule has 0 spiro atoms. The molecule has 19 heavy (non-hydrogen) atoms. The van der Waals surface area contributed by atoms with Gasteiger partial charge in [0, 0.05) is 18.1 Å². The maximum absolute atomic E-state index is 5.28. The number of methoxy groups -OCH3 is 1. The molecule has 2 rings (SSSR count). The van der Waals surface area contributed by atoms with Crippen LogP contribution < -0.4 is 10.1 Å². The van der Waals surface area contributed by atoms with E-state index >= 15 is 0 Å². The molecule has 0 radical (unpaired) electrons. The van der Waals surface area contributed by atoms with E-state index in [1.807, 2.05) is 24.5 Å². The van der Waals surface area contributed by atoms with E-state index in [0.29, 0.717) is 0 Å². The van der Waals surface area contributed by atoms with Crippen molar-refractivity contribution in [2.45, 2.75) is 19.8 Å². The molecular formula is C16H20N2O. The summed E-state index contributed by atoms with van der Waals surface area (Å²) < 4.78 is 5.28. The first-order chi connectivity index (χ1) is 9.35. The fourth-order valence-corrected chi connectivity index (χ4v) is 2.02. The second-order valence-electron chi connectivity index (χ2n) is 4.37. The zero-order valence-corrected chi connectivity index (χ0v) is 11.5. The summed E-state index contributed by atoms with van der Waals surface area (Å²) in [4.78, 5) is 4.38. The lowest BCUT2D eigenvalue weighted by atomic mass is 10.1. The third kappa shape index (κ3) is 3.47. The fourth-order valence-electron chi connectivity index (χ4n) is 2.02. The summed E-state index contributed by atoms with van der Waals surface area (Å²) >= 11 is 0. The average molecular weight is 256 g/mol. The van der Waals surface area contributed by atoms with E-state index in [9.17, 15) is 0 Å². The highest BCUT2D eigenvalue weighted by molar-refractivity contribution is 5.83. The van der Waals surface area contributed by atoms with Crippen LogP contribution in [0.4, 0.5) is 0 Å². The van der Waals surface area contributed by atoms with Crippen molar-refractivity contribution in [1.29, 1.82) is 0 Å². The van der Waals surface area contributed by atoms with Crippen molar-refractivity contribution in [3.05, 3.63) is 48.3 Å². The number of nitrogens with zero attached hydrogens (tertiary/aromatic N) is 1. The molecule has 0 aliphatic carbocycles. The van der Waals surface area contributed by atoms with Gasteiger partial charge in [0.25, 0.3) is 0 Å². The minimum atomic E-state index is 0.876. The fraction of sp³-hybridized carbons (Fsp3) is 0.312. The molecule has 100 valence electrons. The van der Waals surface area contributed by atoms with Crippen LogP contribution in [0.3, 0.4) is 0 Å². The monoisotopic (exact) mass is 256 g/mol. The Labute approximate surface area is 114 Å². The highest BCUT2D eigenvalue weighted by Crippen LogP contribution is 2.22. The summed E-state index contributed by atoms with van der Waals surface area (Å²) in [6.07, 6.45) is 8.03. The molecular weight excluding hydrogens is 236 g/mol. The van der Waals surface area contributed by atoms with Gasteiger partial charge in [-0.15, -0.1) is 0 Å². The first-order valence-electron chi connectivity index (χ1n) is 6.65. The molecule has 1 N–H and O–H groups in total. The van der Waals surface area contributed by atoms with Gasteiger partial charge in [-0.1, -0.05) is 13.0 Å². The maximum atomic E-state index is 5.28. The van der Waals surface area contributed by atoms with Crippen molar-refractivity contribution in [3.8, 4) is 5.75 Å². The molecule has 0 amide bonds. The Morgan fingerprint density at radius 3 is 3.00 bits per heavy atom. The predicted octanol–water partition coefficient (Wildman–Crippen LogP) is 3.30. The molecule has 2 aromatic rings. The number of benzene rings is 1. The summed E-state index contributed by atoms with van der Waals surface area (Å²) in [6, 6.07) is 8.08. The Balaban J connectivity index is 2.15. The lowest BCUT2D eigenvalue weighted by molar-refractivity contribution is 0.415. The number of allylic oxidation sites excluding steroid dienone is 1. The second-order valence-corrected chi connectivity index (χ2v) is 4.37. The highest BCUT2D eigenvalue weighted by atomic mass is 16.5. The van der Waals surface area contributed by atoms with Crippen LogP contribution in [0.5, 0.6) is 5.75 Å². The largest absolute Gasteiger partial charge is 0.497 e. The summed E-state index contributed by atoms with van der Waals surface area (Å²) in [6.45, 7) is 3.05. The lowest BCUT2D eigenvalue weighted by Crippen LogP contribution is -2.09. The number of ether oxygens (including phenoxy) is 1. The van der Waals surface area contributed by atoms with Crippen molar-refractivity contribution in [2.75, 3.05) is 13.7 Å². The van der Waals surface area contributed by atoms with Crippen molar-refractivity contribution in [3.63, 3.8) is 0 Å². The summed E-state index contributed by atoms with van der Waals surface area (Å²) in [5.41, 5.74) is 2.31. The molecule has 0 aliphatic heterocycles. The molecule has 0 bridgehead atoms. The zero-order chi connectivity index (χ0) is 13.5. The first-order valence-corrected chi connectivity index (χ1v) is 6.65. The number of hydrogen-bond acceptors (Lipinski definition) is 3. The molecule has 0 atom stereocenters. The van der Waals surface area contributed by atoms with Gasteiger partial charge in [-0.25, -0.2) is 0 Å². The Kier molecular flexibility index (Phi) is 4.78. The molecule has 3 heteroatoms. The van der Waals surface area contributed by atoms with E-state index < -0.39 is 0 Å². The number of nitrogens with one attached hydrogen (secondary N) is 1. The van der Waals surface area contributed by atoms with Gasteiger partial charge in [0.05, 0.1) is 12.6 Å². The molecule has 1 aromatic heterocycles. The Hall–Kier alpha value is -2.03. The van der Waals surface area contributed by atoms with Crippen molar-refractivity contribution in [2.24, 2.45) is 0 Å². The van der Waals surface area contributed by atoms with Gasteiger partial charge >= 0.3 is 0 Å². The summed E-state index contributed by atoms with van der Waals surface area (Å²) in [7, 11) is 1.69. The van der Waals surface area contributed by atoms with E-state index in [4.69, 9.17) is 4.74 Å². The summed E-state index contributed by atoms with van der Waals surface area (Å²) in [5.74, 6) is 0.876. The lowest BCUT2D eigenvalue weighted by Gasteiger charge is -2.08. The number of aromatic nitrogens is 1. The minimum absolute atomic E-state index is 0.876. The van der Waals surface area contributed by atoms with Gasteiger partial charge in [0.15, 0.2) is 0 Å². The zero-order valence-electron chi connectivity index (χ0n) is 11.5. The predicted molar refractivity (Wildman–Crippen MR) is 79.4 cm³/mol. The number of pyridine rings is 1. The van der Waals surface area contributed by atoms with Crippen LogP contribution >= 0.6 is 0 Å². The number of hydrogen-bond donors (Lipinski definition) is 1. The van der Waals surface area contributed by atoms with Gasteiger partial charge in [-0.3, -0.25) is 4.98 Å². The van der Waals surface area contributed by atoms with Crippen LogP contribution in [0.15, 0.2) is 42.7 Å². The number of rotatable bonds is 6. The maximum Gasteiger partial charge on any atom is 0.119 e. The smallest absolute Gasteiger partial charge is 0.119 e. The Morgan fingerprint density at radius 2 is 2.21 bits per heavy atom. The van der Waals surface area contributed by atoms with Gasteiger partial charge in [-0.05, 0) is 48.9 Å². The normalized spacial score (nSPS) is 11.1. The van der Waals surface area contributed by atoms with Crippen LogP contribution in [-0.4, -0.2) is 18.6 Å². The van der Waals surface area contributed by atoms with Crippen molar-refractivity contribution >= 4 is 10.9 Å². The topological polar surface area (TPSA) is 34.2 Å². The van der Waals surface area contributed by atoms with E-state index in [2.05, 4.69) is 35.4 Å². The molecule has 0 saturated carbocycles. The quantitative estimate of drug-likeness (QED) is 0.805. The van der Waals surface area contributed by atoms with Crippen molar-refractivity contribution in [1.82, 2.24) is 10.3 Å². The SMILES string of the molecule is CC/C=C\NCCc1ccnc2ccc(OC)cc12. The molecule has 0 fully saturated rings. The van der Waals surface area contributed by atoms with Crippen LogP contribution in [0, 0.1) is 0 Å². The molecule has 0 aliphatic rings. The molecule has 1 heterocycles. The van der Waals surface area contributed by atoms with Crippen molar-refractivity contribution < 1.29 is 4.74 Å². The van der Waals surface area contributed by atoms with E-state index in [-0.39, 0.29) is 0 Å². The second kappa shape index (κ2) is 6.78. The third-order valence-electron chi connectivity index (χ3n) is 3.05. The van der Waals surface area contributed by atoms with Crippen LogP contribution in [-0.2, 0) is 6.42 Å². The summed E-state index contributed by atoms with van der Waals surface area (Å²) in [5, 5.41) is 4.47. The van der Waals surface area contributed by atoms with E-state index in [1.54, 1.807) is 7.11 Å². The van der Waals surface area contributed by atoms with Crippen LogP contribution in [0.2, 0.25) is 0 Å². The van der Waals surface area contributed by atoms with Crippen LogP contribution in [0.1, 0.15) is 18.9 Å².